The predicted octanol–water partition coefficient (Wildman–Crippen LogP) is 2.94. The van der Waals surface area contributed by atoms with Gasteiger partial charge in [0.2, 0.25) is 11.8 Å². The van der Waals surface area contributed by atoms with Gasteiger partial charge >= 0.3 is 0 Å². The van der Waals surface area contributed by atoms with Crippen molar-refractivity contribution < 1.29 is 28.6 Å². The van der Waals surface area contributed by atoms with Crippen LogP contribution in [0.15, 0.2) is 12.1 Å². The molecule has 2 saturated carbocycles. The van der Waals surface area contributed by atoms with Crippen molar-refractivity contribution in [2.24, 2.45) is 11.8 Å². The number of hydrogen-bond acceptors (Lipinski definition) is 6. The summed E-state index contributed by atoms with van der Waals surface area (Å²) in [5.74, 6) is -0.912. The lowest BCUT2D eigenvalue weighted by molar-refractivity contribution is -0.129. The molecule has 37 heavy (non-hydrogen) atoms. The predicted molar refractivity (Wildman–Crippen MR) is 139 cm³/mol. The summed E-state index contributed by atoms with van der Waals surface area (Å²) in [4.78, 5) is 28.4. The van der Waals surface area contributed by atoms with E-state index in [2.05, 4.69) is 10.6 Å². The summed E-state index contributed by atoms with van der Waals surface area (Å²) in [6.45, 7) is 3.91. The molecule has 2 amide bonds. The quantitative estimate of drug-likeness (QED) is 0.389. The number of ether oxygens (including phenoxy) is 2. The fraction of sp³-hybridized carbons (Fsp3) is 0.714. The molecule has 2 aliphatic carbocycles. The molecule has 0 unspecified atom stereocenters. The molecule has 3 aliphatic rings. The fourth-order valence-corrected chi connectivity index (χ4v) is 5.50. The highest BCUT2D eigenvalue weighted by Crippen LogP contribution is 2.38. The molecule has 4 atom stereocenters. The SMILES string of the molecule is CCc1cc(F)c(N(C(=O)[C@H]2CNC[C@@H](C(=O)N[C@@H]3CCCC[C@H]3O)C2)C2CC2)cc1OCCCOC. The zero-order valence-corrected chi connectivity index (χ0v) is 22.1. The molecule has 1 aliphatic heterocycles. The molecule has 206 valence electrons. The lowest BCUT2D eigenvalue weighted by Gasteiger charge is -2.35. The van der Waals surface area contributed by atoms with E-state index in [9.17, 15) is 14.7 Å². The number of piperidine rings is 1. The zero-order chi connectivity index (χ0) is 26.4. The summed E-state index contributed by atoms with van der Waals surface area (Å²) < 4.78 is 26.4. The molecule has 8 nitrogen and oxygen atoms in total. The van der Waals surface area contributed by atoms with Gasteiger partial charge in [-0.05, 0) is 50.2 Å². The van der Waals surface area contributed by atoms with E-state index >= 15 is 4.39 Å². The lowest BCUT2D eigenvalue weighted by Crippen LogP contribution is -2.53. The minimum Gasteiger partial charge on any atom is -0.493 e. The number of methoxy groups -OCH3 is 1. The third kappa shape index (κ3) is 7.00. The van der Waals surface area contributed by atoms with E-state index in [1.54, 1.807) is 18.1 Å². The van der Waals surface area contributed by atoms with Gasteiger partial charge in [0, 0.05) is 45.3 Å². The first-order chi connectivity index (χ1) is 17.9. The van der Waals surface area contributed by atoms with Crippen LogP contribution in [-0.4, -0.2) is 68.5 Å². The Hall–Kier alpha value is -2.23. The van der Waals surface area contributed by atoms with Crippen molar-refractivity contribution in [1.82, 2.24) is 10.6 Å². The van der Waals surface area contributed by atoms with E-state index in [1.807, 2.05) is 6.92 Å². The van der Waals surface area contributed by atoms with Crippen molar-refractivity contribution in [1.29, 1.82) is 0 Å². The first kappa shape index (κ1) is 27.8. The Morgan fingerprint density at radius 3 is 2.59 bits per heavy atom. The summed E-state index contributed by atoms with van der Waals surface area (Å²) in [6, 6.07) is 2.88. The number of amides is 2. The molecule has 1 aromatic carbocycles. The summed E-state index contributed by atoms with van der Waals surface area (Å²) >= 11 is 0. The molecule has 1 heterocycles. The third-order valence-corrected chi connectivity index (χ3v) is 7.80. The van der Waals surface area contributed by atoms with E-state index in [-0.39, 0.29) is 35.5 Å². The number of halogens is 1. The second-order valence-corrected chi connectivity index (χ2v) is 10.7. The van der Waals surface area contributed by atoms with E-state index in [0.717, 1.165) is 37.7 Å². The molecule has 1 saturated heterocycles. The van der Waals surface area contributed by atoms with Crippen molar-refractivity contribution in [3.63, 3.8) is 0 Å². The van der Waals surface area contributed by atoms with Crippen LogP contribution in [0.4, 0.5) is 10.1 Å². The third-order valence-electron chi connectivity index (χ3n) is 7.80. The summed E-state index contributed by atoms with van der Waals surface area (Å²) in [5.41, 5.74) is 1.02. The van der Waals surface area contributed by atoms with Crippen molar-refractivity contribution in [3.05, 3.63) is 23.5 Å². The summed E-state index contributed by atoms with van der Waals surface area (Å²) in [5, 5.41) is 16.5. The molecule has 0 bridgehead atoms. The Morgan fingerprint density at radius 2 is 1.89 bits per heavy atom. The Morgan fingerprint density at radius 1 is 1.14 bits per heavy atom. The molecule has 3 N–H and O–H groups in total. The topological polar surface area (TPSA) is 100 Å². The highest BCUT2D eigenvalue weighted by atomic mass is 19.1. The van der Waals surface area contributed by atoms with Gasteiger partial charge in [0.15, 0.2) is 0 Å². The largest absolute Gasteiger partial charge is 0.493 e. The van der Waals surface area contributed by atoms with Crippen LogP contribution < -0.4 is 20.3 Å². The smallest absolute Gasteiger partial charge is 0.231 e. The minimum absolute atomic E-state index is 0.0394. The number of rotatable bonds is 11. The summed E-state index contributed by atoms with van der Waals surface area (Å²) in [7, 11) is 1.64. The Kier molecular flexibility index (Phi) is 9.78. The van der Waals surface area contributed by atoms with Crippen molar-refractivity contribution in [2.75, 3.05) is 38.3 Å². The summed E-state index contributed by atoms with van der Waals surface area (Å²) in [6.07, 6.45) is 6.31. The van der Waals surface area contributed by atoms with Gasteiger partial charge in [0.25, 0.3) is 0 Å². The average molecular weight is 520 g/mol. The van der Waals surface area contributed by atoms with Gasteiger partial charge in [-0.15, -0.1) is 0 Å². The van der Waals surface area contributed by atoms with Crippen LogP contribution in [-0.2, 0) is 20.7 Å². The monoisotopic (exact) mass is 519 g/mol. The molecule has 9 heteroatoms. The van der Waals surface area contributed by atoms with Gasteiger partial charge in [-0.25, -0.2) is 4.39 Å². The Labute approximate surface area is 219 Å². The van der Waals surface area contributed by atoms with Gasteiger partial charge in [0.1, 0.15) is 11.6 Å². The highest BCUT2D eigenvalue weighted by molar-refractivity contribution is 5.97. The van der Waals surface area contributed by atoms with Crippen molar-refractivity contribution in [2.45, 2.75) is 82.9 Å². The molecule has 0 radical (unpaired) electrons. The number of nitrogens with zero attached hydrogens (tertiary/aromatic N) is 1. The second-order valence-electron chi connectivity index (χ2n) is 10.7. The van der Waals surface area contributed by atoms with Gasteiger partial charge < -0.3 is 30.1 Å². The average Bonchev–Trinajstić information content (AvgIpc) is 3.74. The first-order valence-electron chi connectivity index (χ1n) is 13.9. The van der Waals surface area contributed by atoms with E-state index < -0.39 is 17.8 Å². The molecule has 4 rings (SSSR count). The number of anilines is 1. The molecular formula is C28H42FN3O5. The zero-order valence-electron chi connectivity index (χ0n) is 22.1. The standard InChI is InChI=1S/C28H42FN3O5/c1-3-18-14-22(29)24(15-26(18)37-12-6-11-36-2)32(21-9-10-21)28(35)20-13-19(16-30-17-20)27(34)31-23-7-4-5-8-25(23)33/h14-15,19-21,23,25,30,33H,3-13,16-17H2,1-2H3,(H,31,34)/t19-,20+,23+,25+/m0/s1. The number of carbonyl (C=O) groups excluding carboxylic acids is 2. The first-order valence-corrected chi connectivity index (χ1v) is 13.9. The van der Waals surface area contributed by atoms with Crippen molar-refractivity contribution >= 4 is 17.5 Å². The molecular weight excluding hydrogens is 477 g/mol. The van der Waals surface area contributed by atoms with Gasteiger partial charge in [-0.2, -0.15) is 0 Å². The number of aliphatic hydroxyl groups is 1. The van der Waals surface area contributed by atoms with Crippen LogP contribution in [0.5, 0.6) is 5.75 Å². The Bertz CT molecular complexity index is 941. The number of carbonyl (C=O) groups is 2. The van der Waals surface area contributed by atoms with Crippen LogP contribution >= 0.6 is 0 Å². The number of aryl methyl sites for hydroxylation is 1. The maximum atomic E-state index is 15.4. The molecule has 3 fully saturated rings. The van der Waals surface area contributed by atoms with Crippen LogP contribution in [0.3, 0.4) is 0 Å². The molecule has 0 spiro atoms. The maximum absolute atomic E-state index is 15.4. The lowest BCUT2D eigenvalue weighted by atomic mass is 9.87. The highest BCUT2D eigenvalue weighted by Gasteiger charge is 2.41. The van der Waals surface area contributed by atoms with Crippen LogP contribution in [0.25, 0.3) is 0 Å². The molecule has 0 aromatic heterocycles. The van der Waals surface area contributed by atoms with Crippen LogP contribution in [0, 0.1) is 17.7 Å². The maximum Gasteiger partial charge on any atom is 0.231 e. The van der Waals surface area contributed by atoms with E-state index in [0.29, 0.717) is 57.7 Å². The minimum atomic E-state index is -0.517. The normalized spacial score (nSPS) is 25.9. The van der Waals surface area contributed by atoms with E-state index in [1.165, 1.54) is 6.07 Å². The van der Waals surface area contributed by atoms with Gasteiger partial charge in [0.05, 0.1) is 36.3 Å². The second kappa shape index (κ2) is 13.0. The van der Waals surface area contributed by atoms with Gasteiger partial charge in [-0.3, -0.25) is 9.59 Å². The van der Waals surface area contributed by atoms with Gasteiger partial charge in [-0.1, -0.05) is 19.8 Å². The van der Waals surface area contributed by atoms with E-state index in [4.69, 9.17) is 9.47 Å². The number of benzene rings is 1. The molecule has 1 aromatic rings. The Balaban J connectivity index is 1.47. The fourth-order valence-electron chi connectivity index (χ4n) is 5.50. The number of nitrogens with one attached hydrogen (secondary N) is 2. The number of hydrogen-bond donors (Lipinski definition) is 3. The number of aliphatic hydroxyl groups excluding tert-OH is 1. The van der Waals surface area contributed by atoms with Crippen molar-refractivity contribution in [3.8, 4) is 5.75 Å². The van der Waals surface area contributed by atoms with Crippen LogP contribution in [0.1, 0.15) is 63.9 Å². The van der Waals surface area contributed by atoms with Crippen LogP contribution in [0.2, 0.25) is 0 Å².